The van der Waals surface area contributed by atoms with Gasteiger partial charge in [-0.3, -0.25) is 4.79 Å². The highest BCUT2D eigenvalue weighted by Crippen LogP contribution is 2.27. The lowest BCUT2D eigenvalue weighted by Gasteiger charge is -2.21. The van der Waals surface area contributed by atoms with Crippen molar-refractivity contribution in [1.29, 1.82) is 0 Å². The third kappa shape index (κ3) is 8.61. The molecule has 0 atom stereocenters. The first-order chi connectivity index (χ1) is 16.9. The van der Waals surface area contributed by atoms with Gasteiger partial charge in [-0.15, -0.1) is 0 Å². The first-order valence-electron chi connectivity index (χ1n) is 12.5. The van der Waals surface area contributed by atoms with E-state index in [2.05, 4.69) is 38.1 Å². The summed E-state index contributed by atoms with van der Waals surface area (Å²) in [5.41, 5.74) is 3.63. The van der Waals surface area contributed by atoms with Crippen LogP contribution in [0.25, 0.3) is 0 Å². The molecule has 7 nitrogen and oxygen atoms in total. The van der Waals surface area contributed by atoms with E-state index < -0.39 is 10.0 Å². The molecule has 2 rings (SSSR count). The number of carbonyl (C=O) groups is 1. The molecule has 1 amide bonds. The van der Waals surface area contributed by atoms with Gasteiger partial charge < -0.3 is 14.4 Å². The number of hydrogen-bond donors (Lipinski definition) is 0. The summed E-state index contributed by atoms with van der Waals surface area (Å²) in [4.78, 5) is 14.4. The van der Waals surface area contributed by atoms with Crippen molar-refractivity contribution in [3.8, 4) is 5.75 Å². The molecule has 0 bridgehead atoms. The molecule has 0 saturated heterocycles. The topological polar surface area (TPSA) is 76.1 Å². The average molecular weight is 519 g/mol. The normalized spacial score (nSPS) is 11.8. The maximum Gasteiger partial charge on any atom is 0.248 e. The van der Waals surface area contributed by atoms with Gasteiger partial charge >= 0.3 is 0 Å². The number of amides is 1. The smallest absolute Gasteiger partial charge is 0.248 e. The zero-order chi connectivity index (χ0) is 26.9. The molecular formula is C28H42N2O5S. The highest BCUT2D eigenvalue weighted by atomic mass is 32.2. The van der Waals surface area contributed by atoms with Gasteiger partial charge in [-0.2, -0.15) is 4.31 Å². The van der Waals surface area contributed by atoms with Crippen LogP contribution in [0.15, 0.2) is 41.3 Å². The van der Waals surface area contributed by atoms with E-state index in [0.29, 0.717) is 23.4 Å². The van der Waals surface area contributed by atoms with Gasteiger partial charge in [-0.25, -0.2) is 8.42 Å². The fourth-order valence-corrected chi connectivity index (χ4v) is 5.62. The summed E-state index contributed by atoms with van der Waals surface area (Å²) in [7, 11) is 1.12. The van der Waals surface area contributed by atoms with E-state index >= 15 is 0 Å². The standard InChI is InChI=1S/C28H42N2O5S/c1-21(2)9-8-10-24-11-13-25(14-12-24)19-29(5)27(31)20-35-16-15-30(6)36(32,33)28-22(3)17-26(34-7)18-23(28)4/h11-14,17-18,21H,8-10,15-16,19-20H2,1-7H3. The van der Waals surface area contributed by atoms with Crippen molar-refractivity contribution in [3.63, 3.8) is 0 Å². The van der Waals surface area contributed by atoms with Crippen LogP contribution in [-0.4, -0.2) is 64.5 Å². The Balaban J connectivity index is 1.80. The molecule has 0 saturated carbocycles. The van der Waals surface area contributed by atoms with E-state index in [9.17, 15) is 13.2 Å². The van der Waals surface area contributed by atoms with Crippen molar-refractivity contribution >= 4 is 15.9 Å². The summed E-state index contributed by atoms with van der Waals surface area (Å²) in [5.74, 6) is 1.19. The van der Waals surface area contributed by atoms with E-state index in [-0.39, 0.29) is 30.6 Å². The van der Waals surface area contributed by atoms with Crippen molar-refractivity contribution in [2.45, 2.75) is 58.4 Å². The van der Waals surface area contributed by atoms with Crippen molar-refractivity contribution in [3.05, 3.63) is 58.7 Å². The van der Waals surface area contributed by atoms with E-state index in [1.807, 2.05) is 0 Å². The first-order valence-corrected chi connectivity index (χ1v) is 13.9. The molecule has 200 valence electrons. The first kappa shape index (κ1) is 29.8. The zero-order valence-corrected chi connectivity index (χ0v) is 23.7. The molecule has 0 heterocycles. The minimum Gasteiger partial charge on any atom is -0.497 e. The number of nitrogens with zero attached hydrogens (tertiary/aromatic N) is 2. The second-order valence-electron chi connectivity index (χ2n) is 9.82. The number of hydrogen-bond acceptors (Lipinski definition) is 5. The minimum atomic E-state index is -3.69. The second kappa shape index (κ2) is 13.8. The van der Waals surface area contributed by atoms with Crippen molar-refractivity contribution < 1.29 is 22.7 Å². The van der Waals surface area contributed by atoms with E-state index in [0.717, 1.165) is 17.9 Å². The van der Waals surface area contributed by atoms with Gasteiger partial charge in [0.25, 0.3) is 0 Å². The molecule has 36 heavy (non-hydrogen) atoms. The largest absolute Gasteiger partial charge is 0.497 e. The van der Waals surface area contributed by atoms with Crippen LogP contribution in [0.2, 0.25) is 0 Å². The number of likely N-dealkylation sites (N-methyl/N-ethyl adjacent to an activating group) is 2. The Labute approximate surface area is 217 Å². The Morgan fingerprint density at radius 3 is 2.14 bits per heavy atom. The summed E-state index contributed by atoms with van der Waals surface area (Å²) in [5, 5.41) is 0. The fourth-order valence-electron chi connectivity index (χ4n) is 4.06. The minimum absolute atomic E-state index is 0.0989. The van der Waals surface area contributed by atoms with Crippen LogP contribution in [0.3, 0.4) is 0 Å². The van der Waals surface area contributed by atoms with Crippen LogP contribution in [0, 0.1) is 19.8 Å². The number of methoxy groups -OCH3 is 1. The molecule has 0 radical (unpaired) electrons. The van der Waals surface area contributed by atoms with Gasteiger partial charge in [0, 0.05) is 27.2 Å². The van der Waals surface area contributed by atoms with Gasteiger partial charge in [-0.1, -0.05) is 44.5 Å². The highest BCUT2D eigenvalue weighted by molar-refractivity contribution is 7.89. The Kier molecular flexibility index (Phi) is 11.4. The summed E-state index contributed by atoms with van der Waals surface area (Å²) >= 11 is 0. The van der Waals surface area contributed by atoms with Gasteiger partial charge in [0.05, 0.1) is 18.6 Å². The Bertz CT molecular complexity index is 1070. The van der Waals surface area contributed by atoms with Gasteiger partial charge in [0.2, 0.25) is 15.9 Å². The van der Waals surface area contributed by atoms with E-state index in [4.69, 9.17) is 9.47 Å². The molecule has 2 aromatic carbocycles. The Morgan fingerprint density at radius 1 is 1.00 bits per heavy atom. The molecule has 0 spiro atoms. The summed E-state index contributed by atoms with van der Waals surface area (Å²) in [6, 6.07) is 11.8. The lowest BCUT2D eigenvalue weighted by molar-refractivity contribution is -0.135. The number of sulfonamides is 1. The van der Waals surface area contributed by atoms with Crippen LogP contribution in [0.1, 0.15) is 48.9 Å². The third-order valence-corrected chi connectivity index (χ3v) is 8.39. The molecular weight excluding hydrogens is 476 g/mol. The quantitative estimate of drug-likeness (QED) is 0.342. The predicted molar refractivity (Wildman–Crippen MR) is 144 cm³/mol. The van der Waals surface area contributed by atoms with Crippen LogP contribution < -0.4 is 4.74 Å². The fraction of sp³-hybridized carbons (Fsp3) is 0.536. The van der Waals surface area contributed by atoms with Crippen molar-refractivity contribution in [2.24, 2.45) is 5.92 Å². The Morgan fingerprint density at radius 2 is 1.58 bits per heavy atom. The maximum atomic E-state index is 13.1. The predicted octanol–water partition coefficient (Wildman–Crippen LogP) is 4.59. The maximum absolute atomic E-state index is 13.1. The average Bonchev–Trinajstić information content (AvgIpc) is 2.81. The summed E-state index contributed by atoms with van der Waals surface area (Å²) in [6.45, 7) is 8.64. The number of carbonyl (C=O) groups excluding carboxylic acids is 1. The third-order valence-electron chi connectivity index (χ3n) is 6.23. The molecule has 0 aliphatic heterocycles. The molecule has 0 aliphatic carbocycles. The molecule has 0 N–H and O–H groups in total. The number of ether oxygens (including phenoxy) is 2. The van der Waals surface area contributed by atoms with Crippen LogP contribution in [-0.2, 0) is 32.5 Å². The van der Waals surface area contributed by atoms with E-state index in [1.54, 1.807) is 45.0 Å². The monoisotopic (exact) mass is 518 g/mol. The second-order valence-corrected chi connectivity index (χ2v) is 11.8. The summed E-state index contributed by atoms with van der Waals surface area (Å²) in [6.07, 6.45) is 3.48. The van der Waals surface area contributed by atoms with Crippen LogP contribution >= 0.6 is 0 Å². The van der Waals surface area contributed by atoms with Gasteiger partial charge in [0.1, 0.15) is 12.4 Å². The van der Waals surface area contributed by atoms with Crippen molar-refractivity contribution in [1.82, 2.24) is 9.21 Å². The lowest BCUT2D eigenvalue weighted by atomic mass is 10.0. The number of aryl methyl sites for hydroxylation is 3. The molecule has 0 fully saturated rings. The molecule has 0 aromatic heterocycles. The zero-order valence-electron chi connectivity index (χ0n) is 22.8. The number of benzene rings is 2. The molecule has 0 aliphatic rings. The summed E-state index contributed by atoms with van der Waals surface area (Å²) < 4.78 is 38.2. The number of rotatable bonds is 14. The van der Waals surface area contributed by atoms with Crippen LogP contribution in [0.4, 0.5) is 0 Å². The highest BCUT2D eigenvalue weighted by Gasteiger charge is 2.25. The molecule has 8 heteroatoms. The molecule has 2 aromatic rings. The Hall–Kier alpha value is -2.42. The van der Waals surface area contributed by atoms with E-state index in [1.165, 1.54) is 29.8 Å². The molecule has 0 unspecified atom stereocenters. The van der Waals surface area contributed by atoms with Gasteiger partial charge in [0.15, 0.2) is 0 Å². The van der Waals surface area contributed by atoms with Crippen molar-refractivity contribution in [2.75, 3.05) is 41.0 Å². The lowest BCUT2D eigenvalue weighted by Crippen LogP contribution is -2.33. The van der Waals surface area contributed by atoms with Gasteiger partial charge in [-0.05, 0) is 67.0 Å². The van der Waals surface area contributed by atoms with Crippen LogP contribution in [0.5, 0.6) is 5.75 Å². The SMILES string of the molecule is COc1cc(C)c(S(=O)(=O)N(C)CCOCC(=O)N(C)Cc2ccc(CCCC(C)C)cc2)c(C)c1.